The first-order chi connectivity index (χ1) is 6.27. The number of aliphatic hydroxyl groups excluding tert-OH is 1. The van der Waals surface area contributed by atoms with Crippen molar-refractivity contribution in [2.45, 2.75) is 32.3 Å². The number of aryl methyl sites for hydroxylation is 1. The summed E-state index contributed by atoms with van der Waals surface area (Å²) in [6, 6.07) is 4.22. The molecule has 0 amide bonds. The fourth-order valence-electron chi connectivity index (χ4n) is 1.85. The molecule has 2 heteroatoms. The van der Waals surface area contributed by atoms with Gasteiger partial charge in [0.15, 0.2) is 0 Å². The Labute approximate surface area is 83.4 Å². The number of hydrogen-bond acceptors (Lipinski definition) is 2. The maximum absolute atomic E-state index is 9.76. The molecular formula is C11H16OS. The Hall–Kier alpha value is -0.340. The highest BCUT2D eigenvalue weighted by molar-refractivity contribution is 7.09. The lowest BCUT2D eigenvalue weighted by molar-refractivity contribution is 0.137. The second-order valence-corrected chi connectivity index (χ2v) is 5.09. The molecule has 13 heavy (non-hydrogen) atoms. The van der Waals surface area contributed by atoms with E-state index < -0.39 is 0 Å². The summed E-state index contributed by atoms with van der Waals surface area (Å²) in [5.41, 5.74) is 0. The van der Waals surface area contributed by atoms with E-state index in [2.05, 4.69) is 24.4 Å². The van der Waals surface area contributed by atoms with Gasteiger partial charge >= 0.3 is 0 Å². The Morgan fingerprint density at radius 2 is 2.46 bits per heavy atom. The van der Waals surface area contributed by atoms with Crippen LogP contribution in [0.25, 0.3) is 0 Å². The standard InChI is InChI=1S/C11H16OS/c1-8-7-10(8)11(12)5-4-9-3-2-6-13-9/h2-3,6,8,10-12H,4-5,7H2,1H3. The van der Waals surface area contributed by atoms with Crippen molar-refractivity contribution in [1.82, 2.24) is 0 Å². The summed E-state index contributed by atoms with van der Waals surface area (Å²) in [7, 11) is 0. The molecule has 1 fully saturated rings. The van der Waals surface area contributed by atoms with Crippen LogP contribution in [-0.2, 0) is 6.42 Å². The smallest absolute Gasteiger partial charge is 0.0574 e. The molecule has 0 aliphatic heterocycles. The van der Waals surface area contributed by atoms with E-state index in [4.69, 9.17) is 0 Å². The van der Waals surface area contributed by atoms with Crippen LogP contribution in [0, 0.1) is 11.8 Å². The minimum Gasteiger partial charge on any atom is -0.393 e. The van der Waals surface area contributed by atoms with E-state index in [9.17, 15) is 5.11 Å². The number of rotatable bonds is 4. The molecule has 3 unspecified atom stereocenters. The molecule has 0 saturated heterocycles. The molecule has 0 bridgehead atoms. The Morgan fingerprint density at radius 1 is 1.69 bits per heavy atom. The molecule has 3 atom stereocenters. The Bertz CT molecular complexity index is 255. The van der Waals surface area contributed by atoms with Gasteiger partial charge in [-0.15, -0.1) is 11.3 Å². The molecule has 0 radical (unpaired) electrons. The van der Waals surface area contributed by atoms with Crippen LogP contribution in [0.1, 0.15) is 24.6 Å². The van der Waals surface area contributed by atoms with Crippen molar-refractivity contribution < 1.29 is 5.11 Å². The van der Waals surface area contributed by atoms with Gasteiger partial charge in [-0.05, 0) is 42.5 Å². The van der Waals surface area contributed by atoms with Crippen LogP contribution >= 0.6 is 11.3 Å². The Balaban J connectivity index is 1.73. The number of aliphatic hydroxyl groups is 1. The predicted molar refractivity (Wildman–Crippen MR) is 55.9 cm³/mol. The maximum atomic E-state index is 9.76. The zero-order chi connectivity index (χ0) is 9.26. The van der Waals surface area contributed by atoms with E-state index in [-0.39, 0.29) is 6.10 Å². The van der Waals surface area contributed by atoms with Gasteiger partial charge in [0, 0.05) is 4.88 Å². The Morgan fingerprint density at radius 3 is 3.00 bits per heavy atom. The van der Waals surface area contributed by atoms with Crippen LogP contribution in [0.2, 0.25) is 0 Å². The van der Waals surface area contributed by atoms with Crippen molar-refractivity contribution in [3.63, 3.8) is 0 Å². The van der Waals surface area contributed by atoms with Gasteiger partial charge in [-0.2, -0.15) is 0 Å². The van der Waals surface area contributed by atoms with E-state index in [0.717, 1.165) is 18.8 Å². The van der Waals surface area contributed by atoms with E-state index in [1.807, 2.05) is 0 Å². The fourth-order valence-corrected chi connectivity index (χ4v) is 2.57. The van der Waals surface area contributed by atoms with Gasteiger partial charge in [0.25, 0.3) is 0 Å². The normalized spacial score (nSPS) is 28.8. The van der Waals surface area contributed by atoms with Crippen molar-refractivity contribution >= 4 is 11.3 Å². The SMILES string of the molecule is CC1CC1C(O)CCc1cccs1. The lowest BCUT2D eigenvalue weighted by Crippen LogP contribution is -2.11. The summed E-state index contributed by atoms with van der Waals surface area (Å²) in [4.78, 5) is 1.40. The number of hydrogen-bond donors (Lipinski definition) is 1. The summed E-state index contributed by atoms with van der Waals surface area (Å²) < 4.78 is 0. The largest absolute Gasteiger partial charge is 0.393 e. The zero-order valence-electron chi connectivity index (χ0n) is 7.94. The fraction of sp³-hybridized carbons (Fsp3) is 0.636. The van der Waals surface area contributed by atoms with Gasteiger partial charge in [-0.3, -0.25) is 0 Å². The third kappa shape index (κ3) is 2.32. The molecular weight excluding hydrogens is 180 g/mol. The summed E-state index contributed by atoms with van der Waals surface area (Å²) in [5, 5.41) is 11.9. The second kappa shape index (κ2) is 3.81. The Kier molecular flexibility index (Phi) is 2.70. The van der Waals surface area contributed by atoms with Gasteiger partial charge < -0.3 is 5.11 Å². The minimum atomic E-state index is -0.0582. The van der Waals surface area contributed by atoms with Crippen molar-refractivity contribution in [2.75, 3.05) is 0 Å². The van der Waals surface area contributed by atoms with Crippen LogP contribution in [-0.4, -0.2) is 11.2 Å². The first kappa shape index (κ1) is 9.22. The third-order valence-electron chi connectivity index (χ3n) is 2.93. The maximum Gasteiger partial charge on any atom is 0.0574 e. The zero-order valence-corrected chi connectivity index (χ0v) is 8.76. The molecule has 1 aromatic rings. The predicted octanol–water partition coefficient (Wildman–Crippen LogP) is 2.70. The van der Waals surface area contributed by atoms with Gasteiger partial charge in [0.05, 0.1) is 6.10 Å². The van der Waals surface area contributed by atoms with Gasteiger partial charge in [0.2, 0.25) is 0 Å². The molecule has 1 aliphatic rings. The highest BCUT2D eigenvalue weighted by Crippen LogP contribution is 2.41. The molecule has 2 rings (SSSR count). The molecule has 1 aliphatic carbocycles. The highest BCUT2D eigenvalue weighted by atomic mass is 32.1. The molecule has 1 aromatic heterocycles. The lowest BCUT2D eigenvalue weighted by atomic mass is 10.1. The van der Waals surface area contributed by atoms with Gasteiger partial charge in [-0.25, -0.2) is 0 Å². The van der Waals surface area contributed by atoms with Gasteiger partial charge in [-0.1, -0.05) is 13.0 Å². The van der Waals surface area contributed by atoms with Crippen LogP contribution in [0.4, 0.5) is 0 Å². The summed E-state index contributed by atoms with van der Waals surface area (Å²) >= 11 is 1.79. The first-order valence-electron chi connectivity index (χ1n) is 4.98. The van der Waals surface area contributed by atoms with E-state index >= 15 is 0 Å². The topological polar surface area (TPSA) is 20.2 Å². The molecule has 0 aromatic carbocycles. The molecule has 72 valence electrons. The highest BCUT2D eigenvalue weighted by Gasteiger charge is 2.38. The lowest BCUT2D eigenvalue weighted by Gasteiger charge is -2.07. The van der Waals surface area contributed by atoms with Crippen LogP contribution in [0.3, 0.4) is 0 Å². The van der Waals surface area contributed by atoms with E-state index in [1.165, 1.54) is 11.3 Å². The first-order valence-corrected chi connectivity index (χ1v) is 5.86. The van der Waals surface area contributed by atoms with Crippen LogP contribution < -0.4 is 0 Å². The molecule has 0 spiro atoms. The average molecular weight is 196 g/mol. The monoisotopic (exact) mass is 196 g/mol. The summed E-state index contributed by atoms with van der Waals surface area (Å²) in [6.45, 7) is 2.22. The molecule has 1 N–H and O–H groups in total. The quantitative estimate of drug-likeness (QED) is 0.785. The van der Waals surface area contributed by atoms with Crippen molar-refractivity contribution in [3.8, 4) is 0 Å². The molecule has 1 heterocycles. The van der Waals surface area contributed by atoms with E-state index in [1.54, 1.807) is 11.3 Å². The van der Waals surface area contributed by atoms with E-state index in [0.29, 0.717) is 5.92 Å². The molecule has 1 saturated carbocycles. The molecule has 1 nitrogen and oxygen atoms in total. The minimum absolute atomic E-state index is 0.0582. The van der Waals surface area contributed by atoms with Crippen molar-refractivity contribution in [1.29, 1.82) is 0 Å². The van der Waals surface area contributed by atoms with Crippen LogP contribution in [0.15, 0.2) is 17.5 Å². The third-order valence-corrected chi connectivity index (χ3v) is 3.87. The summed E-state index contributed by atoms with van der Waals surface area (Å²) in [6.07, 6.45) is 3.15. The van der Waals surface area contributed by atoms with Crippen molar-refractivity contribution in [3.05, 3.63) is 22.4 Å². The van der Waals surface area contributed by atoms with Gasteiger partial charge in [0.1, 0.15) is 0 Å². The number of thiophene rings is 1. The van der Waals surface area contributed by atoms with Crippen LogP contribution in [0.5, 0.6) is 0 Å². The second-order valence-electron chi connectivity index (χ2n) is 4.06. The van der Waals surface area contributed by atoms with Crippen molar-refractivity contribution in [2.24, 2.45) is 11.8 Å². The summed E-state index contributed by atoms with van der Waals surface area (Å²) in [5.74, 6) is 1.36. The average Bonchev–Trinajstić information content (AvgIpc) is 2.68.